The van der Waals surface area contributed by atoms with Crippen LogP contribution in [0.1, 0.15) is 16.8 Å². The topological polar surface area (TPSA) is 64.2 Å². The molecule has 5 nitrogen and oxygen atoms in total. The normalized spacial score (nSPS) is 10.8. The van der Waals surface area contributed by atoms with Crippen molar-refractivity contribution in [3.8, 4) is 11.5 Å². The predicted molar refractivity (Wildman–Crippen MR) is 109 cm³/mol. The number of benzene rings is 2. The maximum Gasteiger partial charge on any atom is 0.251 e. The van der Waals surface area contributed by atoms with Gasteiger partial charge in [0.2, 0.25) is 0 Å². The summed E-state index contributed by atoms with van der Waals surface area (Å²) in [5, 5.41) is 0.968. The third-order valence-electron chi connectivity index (χ3n) is 4.53. The summed E-state index contributed by atoms with van der Waals surface area (Å²) in [7, 11) is 0. The Bertz CT molecular complexity index is 1150. The van der Waals surface area contributed by atoms with Crippen molar-refractivity contribution in [2.45, 2.75) is 20.1 Å². The van der Waals surface area contributed by atoms with E-state index in [1.165, 1.54) is 6.07 Å². The molecule has 0 unspecified atom stereocenters. The Kier molecular flexibility index (Phi) is 5.06. The van der Waals surface area contributed by atoms with Gasteiger partial charge in [0.05, 0.1) is 11.2 Å². The van der Waals surface area contributed by atoms with Crippen LogP contribution in [0.4, 0.5) is 0 Å². The molecule has 2 heterocycles. The Morgan fingerprint density at radius 2 is 1.71 bits per heavy atom. The van der Waals surface area contributed by atoms with Crippen LogP contribution in [0.25, 0.3) is 10.9 Å². The zero-order valence-electron chi connectivity index (χ0n) is 15.5. The number of nitrogens with zero attached hydrogens (tertiary/aromatic N) is 1. The molecule has 0 saturated carbocycles. The van der Waals surface area contributed by atoms with Crippen molar-refractivity contribution < 1.29 is 9.47 Å². The molecule has 28 heavy (non-hydrogen) atoms. The van der Waals surface area contributed by atoms with E-state index in [1.807, 2.05) is 61.5 Å². The summed E-state index contributed by atoms with van der Waals surface area (Å²) < 4.78 is 12.0. The lowest BCUT2D eigenvalue weighted by atomic mass is 10.1. The standard InChI is InChI=1S/C23H20N2O3/c1-16-21(15-27-18-11-12-24-22(26)13-18)25-20-10-6-5-9-19(20)23(16)28-14-17-7-3-2-4-8-17/h2-13H,14-15H2,1H3,(H,24,26). The minimum Gasteiger partial charge on any atom is -0.488 e. The molecule has 2 aromatic heterocycles. The zero-order valence-corrected chi connectivity index (χ0v) is 15.5. The summed E-state index contributed by atoms with van der Waals surface area (Å²) >= 11 is 0. The number of H-pyrrole nitrogens is 1. The molecular formula is C23H20N2O3. The number of nitrogens with one attached hydrogen (secondary N) is 1. The van der Waals surface area contributed by atoms with Crippen LogP contribution in [0, 0.1) is 6.92 Å². The van der Waals surface area contributed by atoms with E-state index in [1.54, 1.807) is 12.3 Å². The number of ether oxygens (including phenoxy) is 2. The molecule has 0 amide bonds. The van der Waals surface area contributed by atoms with E-state index in [-0.39, 0.29) is 12.2 Å². The maximum absolute atomic E-state index is 11.4. The quantitative estimate of drug-likeness (QED) is 0.545. The van der Waals surface area contributed by atoms with Crippen LogP contribution in [0.5, 0.6) is 11.5 Å². The number of aromatic nitrogens is 2. The molecule has 0 fully saturated rings. The average Bonchev–Trinajstić information content (AvgIpc) is 2.72. The molecule has 0 aliphatic carbocycles. The number of rotatable bonds is 6. The third kappa shape index (κ3) is 3.88. The van der Waals surface area contributed by atoms with Crippen LogP contribution in [0.3, 0.4) is 0 Å². The number of hydrogen-bond acceptors (Lipinski definition) is 4. The Balaban J connectivity index is 1.65. The summed E-state index contributed by atoms with van der Waals surface area (Å²) in [5.74, 6) is 1.31. The Morgan fingerprint density at radius 3 is 2.54 bits per heavy atom. The first-order chi connectivity index (χ1) is 13.7. The Hall–Kier alpha value is -3.60. The number of aromatic amines is 1. The molecule has 0 bridgehead atoms. The number of fused-ring (bicyclic) bond motifs is 1. The molecule has 2 aromatic carbocycles. The lowest BCUT2D eigenvalue weighted by molar-refractivity contribution is 0.291. The van der Waals surface area contributed by atoms with Crippen molar-refractivity contribution in [3.05, 3.63) is 100 Å². The van der Waals surface area contributed by atoms with Crippen molar-refractivity contribution in [2.75, 3.05) is 0 Å². The fraction of sp³-hybridized carbons (Fsp3) is 0.130. The van der Waals surface area contributed by atoms with Gasteiger partial charge in [0.15, 0.2) is 0 Å². The van der Waals surface area contributed by atoms with E-state index in [0.29, 0.717) is 12.4 Å². The van der Waals surface area contributed by atoms with Crippen molar-refractivity contribution >= 4 is 10.9 Å². The van der Waals surface area contributed by atoms with Gasteiger partial charge in [0.25, 0.3) is 5.56 Å². The average molecular weight is 372 g/mol. The Labute approximate surface area is 162 Å². The van der Waals surface area contributed by atoms with Crippen LogP contribution in [0.15, 0.2) is 77.7 Å². The molecule has 0 atom stereocenters. The molecule has 4 aromatic rings. The van der Waals surface area contributed by atoms with Crippen LogP contribution in [0.2, 0.25) is 0 Å². The van der Waals surface area contributed by atoms with Crippen molar-refractivity contribution in [1.29, 1.82) is 0 Å². The lowest BCUT2D eigenvalue weighted by Gasteiger charge is -2.16. The van der Waals surface area contributed by atoms with Gasteiger partial charge in [-0.1, -0.05) is 42.5 Å². The Morgan fingerprint density at radius 1 is 0.929 bits per heavy atom. The molecule has 0 saturated heterocycles. The van der Waals surface area contributed by atoms with Gasteiger partial charge in [0, 0.05) is 23.2 Å². The van der Waals surface area contributed by atoms with Crippen LogP contribution in [-0.2, 0) is 13.2 Å². The second-order valence-electron chi connectivity index (χ2n) is 6.48. The number of pyridine rings is 2. The first kappa shape index (κ1) is 17.8. The smallest absolute Gasteiger partial charge is 0.251 e. The van der Waals surface area contributed by atoms with E-state index < -0.39 is 0 Å². The van der Waals surface area contributed by atoms with Crippen LogP contribution >= 0.6 is 0 Å². The second kappa shape index (κ2) is 7.96. The summed E-state index contributed by atoms with van der Waals surface area (Å²) in [4.78, 5) is 18.8. The summed E-state index contributed by atoms with van der Waals surface area (Å²) in [6, 6.07) is 21.1. The van der Waals surface area contributed by atoms with E-state index in [0.717, 1.165) is 33.5 Å². The maximum atomic E-state index is 11.4. The van der Waals surface area contributed by atoms with Gasteiger partial charge in [-0.2, -0.15) is 0 Å². The van der Waals surface area contributed by atoms with Gasteiger partial charge in [-0.15, -0.1) is 0 Å². The molecule has 0 radical (unpaired) electrons. The van der Waals surface area contributed by atoms with E-state index in [9.17, 15) is 4.79 Å². The minimum absolute atomic E-state index is 0.201. The molecule has 5 heteroatoms. The summed E-state index contributed by atoms with van der Waals surface area (Å²) in [6.07, 6.45) is 1.56. The fourth-order valence-electron chi connectivity index (χ4n) is 3.05. The van der Waals surface area contributed by atoms with Gasteiger partial charge in [-0.25, -0.2) is 4.98 Å². The number of para-hydroxylation sites is 1. The van der Waals surface area contributed by atoms with E-state index in [4.69, 9.17) is 14.5 Å². The van der Waals surface area contributed by atoms with Gasteiger partial charge >= 0.3 is 0 Å². The van der Waals surface area contributed by atoms with Crippen LogP contribution in [-0.4, -0.2) is 9.97 Å². The second-order valence-corrected chi connectivity index (χ2v) is 6.48. The minimum atomic E-state index is -0.201. The highest BCUT2D eigenvalue weighted by atomic mass is 16.5. The monoisotopic (exact) mass is 372 g/mol. The summed E-state index contributed by atoms with van der Waals surface area (Å²) in [5.41, 5.74) is 3.46. The first-order valence-electron chi connectivity index (χ1n) is 9.07. The van der Waals surface area contributed by atoms with E-state index >= 15 is 0 Å². The van der Waals surface area contributed by atoms with Crippen LogP contribution < -0.4 is 15.0 Å². The molecule has 0 aliphatic heterocycles. The molecule has 4 rings (SSSR count). The van der Waals surface area contributed by atoms with Crippen molar-refractivity contribution in [1.82, 2.24) is 9.97 Å². The van der Waals surface area contributed by atoms with Gasteiger partial charge in [-0.3, -0.25) is 4.79 Å². The number of hydrogen-bond donors (Lipinski definition) is 1. The lowest BCUT2D eigenvalue weighted by Crippen LogP contribution is -2.07. The molecule has 1 N–H and O–H groups in total. The third-order valence-corrected chi connectivity index (χ3v) is 4.53. The SMILES string of the molecule is Cc1c(COc2cc[nH]c(=O)c2)nc2ccccc2c1OCc1ccccc1. The molecule has 0 spiro atoms. The fourth-order valence-corrected chi connectivity index (χ4v) is 3.05. The first-order valence-corrected chi connectivity index (χ1v) is 9.07. The molecule has 0 aliphatic rings. The largest absolute Gasteiger partial charge is 0.488 e. The summed E-state index contributed by atoms with van der Waals surface area (Å²) in [6.45, 7) is 2.71. The van der Waals surface area contributed by atoms with Gasteiger partial charge in [0.1, 0.15) is 24.7 Å². The highest BCUT2D eigenvalue weighted by Gasteiger charge is 2.14. The van der Waals surface area contributed by atoms with E-state index in [2.05, 4.69) is 4.98 Å². The van der Waals surface area contributed by atoms with Gasteiger partial charge < -0.3 is 14.5 Å². The highest BCUT2D eigenvalue weighted by Crippen LogP contribution is 2.31. The highest BCUT2D eigenvalue weighted by molar-refractivity contribution is 5.86. The molecular weight excluding hydrogens is 352 g/mol. The molecule has 140 valence electrons. The zero-order chi connectivity index (χ0) is 19.3. The predicted octanol–water partition coefficient (Wildman–Crippen LogP) is 4.39. The van der Waals surface area contributed by atoms with Crippen molar-refractivity contribution in [3.63, 3.8) is 0 Å². The van der Waals surface area contributed by atoms with Crippen molar-refractivity contribution in [2.24, 2.45) is 0 Å². The van der Waals surface area contributed by atoms with Gasteiger partial charge in [-0.05, 0) is 30.7 Å².